The van der Waals surface area contributed by atoms with Crippen molar-refractivity contribution < 1.29 is 23.4 Å². The summed E-state index contributed by atoms with van der Waals surface area (Å²) in [6, 6.07) is 8.81. The van der Waals surface area contributed by atoms with Gasteiger partial charge in [0.05, 0.1) is 25.3 Å². The van der Waals surface area contributed by atoms with Gasteiger partial charge in [0.25, 0.3) is 5.91 Å². The minimum atomic E-state index is -0.626. The van der Waals surface area contributed by atoms with Crippen molar-refractivity contribution in [3.8, 4) is 11.5 Å². The van der Waals surface area contributed by atoms with Crippen LogP contribution in [-0.4, -0.2) is 33.3 Å². The summed E-state index contributed by atoms with van der Waals surface area (Å²) in [4.78, 5) is 12.3. The van der Waals surface area contributed by atoms with Crippen LogP contribution in [0.15, 0.2) is 36.4 Å². The predicted octanol–water partition coefficient (Wildman–Crippen LogP) is 4.00. The Balaban J connectivity index is 2.12. The lowest BCUT2D eigenvalue weighted by Gasteiger charge is -2.17. The average Bonchev–Trinajstić information content (AvgIpc) is 2.63. The van der Waals surface area contributed by atoms with Crippen LogP contribution in [0.25, 0.3) is 0 Å². The quantitative estimate of drug-likeness (QED) is 0.702. The Labute approximate surface area is 157 Å². The molecule has 0 unspecified atom stereocenters. The number of amides is 1. The summed E-state index contributed by atoms with van der Waals surface area (Å²) in [5, 5.41) is 3.04. The number of ether oxygens (including phenoxy) is 3. The minimum absolute atomic E-state index is 0.101. The summed E-state index contributed by atoms with van der Waals surface area (Å²) in [5.74, 6) is -0.0585. The summed E-state index contributed by atoms with van der Waals surface area (Å²) in [6.07, 6.45) is 0. The van der Waals surface area contributed by atoms with E-state index < -0.39 is 11.7 Å². The molecule has 5 nitrogen and oxygen atoms in total. The molecule has 0 saturated heterocycles. The van der Waals surface area contributed by atoms with Crippen LogP contribution in [0.5, 0.6) is 11.5 Å². The van der Waals surface area contributed by atoms with Crippen LogP contribution in [0.1, 0.15) is 28.9 Å². The van der Waals surface area contributed by atoms with Crippen molar-refractivity contribution in [2.45, 2.75) is 13.0 Å². The zero-order valence-corrected chi connectivity index (χ0v) is 15.6. The van der Waals surface area contributed by atoms with E-state index in [4.69, 9.17) is 25.8 Å². The number of carbonyl (C=O) groups is 1. The van der Waals surface area contributed by atoms with E-state index in [1.165, 1.54) is 19.2 Å². The zero-order chi connectivity index (χ0) is 19.1. The third-order valence-electron chi connectivity index (χ3n) is 3.75. The first-order valence-corrected chi connectivity index (χ1v) is 8.39. The highest BCUT2D eigenvalue weighted by Crippen LogP contribution is 2.30. The number of methoxy groups -OCH3 is 2. The van der Waals surface area contributed by atoms with Crippen LogP contribution >= 0.6 is 11.6 Å². The van der Waals surface area contributed by atoms with Crippen molar-refractivity contribution in [3.63, 3.8) is 0 Å². The largest absolute Gasteiger partial charge is 0.493 e. The Bertz CT molecular complexity index is 769. The number of carbonyl (C=O) groups excluding carboxylic acids is 1. The van der Waals surface area contributed by atoms with Crippen molar-refractivity contribution in [1.29, 1.82) is 0 Å². The second-order valence-corrected chi connectivity index (χ2v) is 6.01. The highest BCUT2D eigenvalue weighted by atomic mass is 35.5. The van der Waals surface area contributed by atoms with E-state index in [2.05, 4.69) is 5.32 Å². The molecule has 26 heavy (non-hydrogen) atoms. The average molecular weight is 382 g/mol. The summed E-state index contributed by atoms with van der Waals surface area (Å²) < 4.78 is 29.7. The van der Waals surface area contributed by atoms with Gasteiger partial charge in [-0.2, -0.15) is 0 Å². The molecule has 0 radical (unpaired) electrons. The third kappa shape index (κ3) is 5.09. The molecule has 140 valence electrons. The molecule has 0 saturated carbocycles. The number of nitrogens with one attached hydrogen (secondary N) is 1. The van der Waals surface area contributed by atoms with Crippen LogP contribution in [0.3, 0.4) is 0 Å². The first kappa shape index (κ1) is 20.0. The van der Waals surface area contributed by atoms with Gasteiger partial charge in [-0.1, -0.05) is 17.7 Å². The van der Waals surface area contributed by atoms with E-state index in [1.54, 1.807) is 26.2 Å². The predicted molar refractivity (Wildman–Crippen MR) is 97.7 cm³/mol. The number of benzene rings is 2. The van der Waals surface area contributed by atoms with Crippen molar-refractivity contribution in [1.82, 2.24) is 5.32 Å². The van der Waals surface area contributed by atoms with Crippen LogP contribution in [0.2, 0.25) is 5.02 Å². The fourth-order valence-corrected chi connectivity index (χ4v) is 2.51. The Morgan fingerprint density at radius 2 is 1.92 bits per heavy atom. The molecular formula is C19H21ClFNO4. The van der Waals surface area contributed by atoms with Crippen molar-refractivity contribution in [2.75, 3.05) is 27.4 Å². The van der Waals surface area contributed by atoms with Gasteiger partial charge in [0.15, 0.2) is 11.5 Å². The number of hydrogen-bond acceptors (Lipinski definition) is 4. The van der Waals surface area contributed by atoms with E-state index in [0.29, 0.717) is 29.7 Å². The maximum atomic E-state index is 13.8. The van der Waals surface area contributed by atoms with Gasteiger partial charge >= 0.3 is 0 Å². The fraction of sp³-hybridized carbons (Fsp3) is 0.316. The Morgan fingerprint density at radius 1 is 1.15 bits per heavy atom. The van der Waals surface area contributed by atoms with Gasteiger partial charge in [0, 0.05) is 12.1 Å². The van der Waals surface area contributed by atoms with Gasteiger partial charge in [0.2, 0.25) is 0 Å². The minimum Gasteiger partial charge on any atom is -0.493 e. The molecule has 2 rings (SSSR count). The van der Waals surface area contributed by atoms with E-state index in [0.717, 1.165) is 11.6 Å². The summed E-state index contributed by atoms with van der Waals surface area (Å²) >= 11 is 5.84. The third-order valence-corrected chi connectivity index (χ3v) is 3.99. The molecular weight excluding hydrogens is 361 g/mol. The van der Waals surface area contributed by atoms with Gasteiger partial charge in [-0.3, -0.25) is 4.79 Å². The standard InChI is InChI=1S/C19H21ClFNO4/c1-12(22-19(23)15-11-14(20)5-6-16(15)21)13-4-7-17(18(10-13)25-3)26-9-8-24-2/h4-7,10-12H,8-9H2,1-3H3,(H,22,23)/t12-/m0/s1. The molecule has 0 aliphatic carbocycles. The molecule has 0 aromatic heterocycles. The molecule has 0 fully saturated rings. The molecule has 2 aromatic carbocycles. The van der Waals surface area contributed by atoms with Crippen LogP contribution in [0.4, 0.5) is 4.39 Å². The molecule has 7 heteroatoms. The van der Waals surface area contributed by atoms with E-state index in [1.807, 2.05) is 6.07 Å². The Kier molecular flexibility index (Phi) is 7.24. The lowest BCUT2D eigenvalue weighted by atomic mass is 10.1. The SMILES string of the molecule is COCCOc1ccc([C@H](C)NC(=O)c2cc(Cl)ccc2F)cc1OC. The lowest BCUT2D eigenvalue weighted by molar-refractivity contribution is 0.0935. The summed E-state index contributed by atoms with van der Waals surface area (Å²) in [6.45, 7) is 2.65. The highest BCUT2D eigenvalue weighted by Gasteiger charge is 2.17. The van der Waals surface area contributed by atoms with Gasteiger partial charge in [-0.15, -0.1) is 0 Å². The molecule has 0 aliphatic heterocycles. The number of rotatable bonds is 8. The van der Waals surface area contributed by atoms with Crippen molar-refractivity contribution in [3.05, 3.63) is 58.4 Å². The molecule has 1 atom stereocenters. The van der Waals surface area contributed by atoms with Gasteiger partial charge < -0.3 is 19.5 Å². The first-order valence-electron chi connectivity index (χ1n) is 8.01. The fourth-order valence-electron chi connectivity index (χ4n) is 2.34. The van der Waals surface area contributed by atoms with E-state index in [-0.39, 0.29) is 11.6 Å². The first-order chi connectivity index (χ1) is 12.5. The van der Waals surface area contributed by atoms with Gasteiger partial charge in [0.1, 0.15) is 12.4 Å². The van der Waals surface area contributed by atoms with Crippen molar-refractivity contribution >= 4 is 17.5 Å². The second-order valence-electron chi connectivity index (χ2n) is 5.57. The number of halogens is 2. The maximum absolute atomic E-state index is 13.8. The molecule has 0 bridgehead atoms. The zero-order valence-electron chi connectivity index (χ0n) is 14.8. The Hall–Kier alpha value is -2.31. The molecule has 0 spiro atoms. The topological polar surface area (TPSA) is 56.8 Å². The van der Waals surface area contributed by atoms with E-state index in [9.17, 15) is 9.18 Å². The second kappa shape index (κ2) is 9.40. The van der Waals surface area contributed by atoms with Gasteiger partial charge in [-0.05, 0) is 42.8 Å². The summed E-state index contributed by atoms with van der Waals surface area (Å²) in [5.41, 5.74) is 0.688. The molecule has 0 heterocycles. The highest BCUT2D eigenvalue weighted by molar-refractivity contribution is 6.31. The summed E-state index contributed by atoms with van der Waals surface area (Å²) in [7, 11) is 3.13. The Morgan fingerprint density at radius 3 is 2.62 bits per heavy atom. The molecule has 1 amide bonds. The molecule has 2 aromatic rings. The van der Waals surface area contributed by atoms with Crippen LogP contribution < -0.4 is 14.8 Å². The monoisotopic (exact) mass is 381 g/mol. The number of hydrogen-bond donors (Lipinski definition) is 1. The maximum Gasteiger partial charge on any atom is 0.254 e. The van der Waals surface area contributed by atoms with E-state index >= 15 is 0 Å². The normalized spacial score (nSPS) is 11.7. The van der Waals surface area contributed by atoms with Crippen LogP contribution in [0, 0.1) is 5.82 Å². The smallest absolute Gasteiger partial charge is 0.254 e. The van der Waals surface area contributed by atoms with Gasteiger partial charge in [-0.25, -0.2) is 4.39 Å². The lowest BCUT2D eigenvalue weighted by Crippen LogP contribution is -2.27. The van der Waals surface area contributed by atoms with Crippen LogP contribution in [-0.2, 0) is 4.74 Å². The molecule has 1 N–H and O–H groups in total. The molecule has 0 aliphatic rings. The van der Waals surface area contributed by atoms with Crippen molar-refractivity contribution in [2.24, 2.45) is 0 Å².